The van der Waals surface area contributed by atoms with Gasteiger partial charge in [-0.05, 0) is 30.2 Å². The number of rotatable bonds is 2. The largest absolute Gasteiger partial charge is 0.508 e. The Labute approximate surface area is 109 Å². The molecule has 2 atom stereocenters. The number of hydrogen-bond donors (Lipinski definition) is 4. The molecular formula is C14H14O5. The summed E-state index contributed by atoms with van der Waals surface area (Å²) in [5.74, 6) is -2.90. The van der Waals surface area contributed by atoms with Crippen molar-refractivity contribution in [2.45, 2.75) is 6.92 Å². The number of aromatic hydroxyl groups is 3. The topological polar surface area (TPSA) is 98.0 Å². The Morgan fingerprint density at radius 2 is 1.79 bits per heavy atom. The minimum Gasteiger partial charge on any atom is -0.508 e. The summed E-state index contributed by atoms with van der Waals surface area (Å²) in [6.45, 7) is 1.76. The SMILES string of the molecule is CC1C=C(O)C=CC1C(=O)c1ccc(O)c(O)c1O. The molecule has 0 amide bonds. The Morgan fingerprint density at radius 3 is 2.42 bits per heavy atom. The Balaban J connectivity index is 2.36. The molecule has 0 saturated heterocycles. The van der Waals surface area contributed by atoms with E-state index in [1.807, 2.05) is 0 Å². The lowest BCUT2D eigenvalue weighted by Crippen LogP contribution is -2.21. The van der Waals surface area contributed by atoms with Gasteiger partial charge in [-0.2, -0.15) is 0 Å². The smallest absolute Gasteiger partial charge is 0.201 e. The molecule has 100 valence electrons. The van der Waals surface area contributed by atoms with Crippen LogP contribution in [0.5, 0.6) is 17.2 Å². The monoisotopic (exact) mass is 262 g/mol. The molecule has 0 aromatic heterocycles. The number of Topliss-reactive ketones (excluding diaryl/α,β-unsaturated/α-hetero) is 1. The molecule has 2 rings (SSSR count). The molecule has 0 saturated carbocycles. The third-order valence-corrected chi connectivity index (χ3v) is 3.17. The van der Waals surface area contributed by atoms with E-state index in [9.17, 15) is 25.2 Å². The van der Waals surface area contributed by atoms with Gasteiger partial charge in [0.2, 0.25) is 5.75 Å². The van der Waals surface area contributed by atoms with Crippen LogP contribution in [0.1, 0.15) is 17.3 Å². The third kappa shape index (κ3) is 2.27. The first-order chi connectivity index (χ1) is 8.91. The van der Waals surface area contributed by atoms with Crippen molar-refractivity contribution < 1.29 is 25.2 Å². The third-order valence-electron chi connectivity index (χ3n) is 3.17. The summed E-state index contributed by atoms with van der Waals surface area (Å²) in [4.78, 5) is 12.3. The number of phenolic OH excluding ortho intramolecular Hbond substituents is 3. The zero-order valence-electron chi connectivity index (χ0n) is 10.2. The van der Waals surface area contributed by atoms with Crippen molar-refractivity contribution >= 4 is 5.78 Å². The van der Waals surface area contributed by atoms with Gasteiger partial charge < -0.3 is 20.4 Å². The molecule has 1 aliphatic carbocycles. The summed E-state index contributed by atoms with van der Waals surface area (Å²) in [6.07, 6.45) is 4.51. The predicted molar refractivity (Wildman–Crippen MR) is 68.3 cm³/mol. The van der Waals surface area contributed by atoms with Gasteiger partial charge in [-0.1, -0.05) is 13.0 Å². The van der Waals surface area contributed by atoms with Gasteiger partial charge in [-0.15, -0.1) is 0 Å². The van der Waals surface area contributed by atoms with E-state index < -0.39 is 23.2 Å². The zero-order chi connectivity index (χ0) is 14.2. The van der Waals surface area contributed by atoms with Crippen LogP contribution >= 0.6 is 0 Å². The Bertz CT molecular complexity index is 586. The molecule has 19 heavy (non-hydrogen) atoms. The molecule has 5 nitrogen and oxygen atoms in total. The highest BCUT2D eigenvalue weighted by Crippen LogP contribution is 2.39. The maximum atomic E-state index is 12.3. The molecule has 0 spiro atoms. The van der Waals surface area contributed by atoms with Crippen molar-refractivity contribution in [1.29, 1.82) is 0 Å². The zero-order valence-corrected chi connectivity index (χ0v) is 10.2. The number of carbonyl (C=O) groups excluding carboxylic acids is 1. The van der Waals surface area contributed by atoms with E-state index >= 15 is 0 Å². The van der Waals surface area contributed by atoms with Crippen LogP contribution in [0.15, 0.2) is 36.1 Å². The van der Waals surface area contributed by atoms with E-state index in [2.05, 4.69) is 0 Å². The van der Waals surface area contributed by atoms with Crippen LogP contribution in [-0.2, 0) is 0 Å². The second-order valence-corrected chi connectivity index (χ2v) is 4.53. The number of aliphatic hydroxyl groups is 1. The molecule has 0 aliphatic heterocycles. The van der Waals surface area contributed by atoms with Crippen LogP contribution in [0, 0.1) is 11.8 Å². The maximum Gasteiger partial charge on any atom is 0.201 e. The van der Waals surface area contributed by atoms with Gasteiger partial charge in [-0.3, -0.25) is 4.79 Å². The highest BCUT2D eigenvalue weighted by atomic mass is 16.3. The molecule has 4 N–H and O–H groups in total. The molecule has 2 unspecified atom stereocenters. The molecule has 1 aromatic rings. The highest BCUT2D eigenvalue weighted by Gasteiger charge is 2.28. The maximum absolute atomic E-state index is 12.3. The average Bonchev–Trinajstić information content (AvgIpc) is 2.35. The van der Waals surface area contributed by atoms with Gasteiger partial charge in [0.05, 0.1) is 5.56 Å². The van der Waals surface area contributed by atoms with Gasteiger partial charge >= 0.3 is 0 Å². The number of allylic oxidation sites excluding steroid dienone is 3. The van der Waals surface area contributed by atoms with Crippen LogP contribution in [0.4, 0.5) is 0 Å². The number of ketones is 1. The summed E-state index contributed by atoms with van der Waals surface area (Å²) in [5.41, 5.74) is -0.0633. The van der Waals surface area contributed by atoms with Crippen molar-refractivity contribution in [3.63, 3.8) is 0 Å². The fraction of sp³-hybridized carbons (Fsp3) is 0.214. The summed E-state index contributed by atoms with van der Waals surface area (Å²) >= 11 is 0. The van der Waals surface area contributed by atoms with Crippen LogP contribution < -0.4 is 0 Å². The first-order valence-electron chi connectivity index (χ1n) is 5.79. The Kier molecular flexibility index (Phi) is 3.21. The van der Waals surface area contributed by atoms with Crippen LogP contribution in [0.25, 0.3) is 0 Å². The quantitative estimate of drug-likeness (QED) is 0.484. The number of benzene rings is 1. The fourth-order valence-corrected chi connectivity index (χ4v) is 2.08. The summed E-state index contributed by atoms with van der Waals surface area (Å²) in [7, 11) is 0. The lowest BCUT2D eigenvalue weighted by Gasteiger charge is -2.20. The number of aliphatic hydroxyl groups excluding tert-OH is 1. The minimum absolute atomic E-state index is 0.0633. The van der Waals surface area contributed by atoms with Gasteiger partial charge in [-0.25, -0.2) is 0 Å². The first kappa shape index (κ1) is 13.0. The van der Waals surface area contributed by atoms with E-state index in [0.29, 0.717) is 0 Å². The molecule has 1 aliphatic rings. The van der Waals surface area contributed by atoms with Crippen molar-refractivity contribution in [1.82, 2.24) is 0 Å². The van der Waals surface area contributed by atoms with Crippen molar-refractivity contribution in [2.24, 2.45) is 11.8 Å². The predicted octanol–water partition coefficient (Wildman–Crippen LogP) is 2.25. The van der Waals surface area contributed by atoms with E-state index in [0.717, 1.165) is 6.07 Å². The van der Waals surface area contributed by atoms with Crippen molar-refractivity contribution in [3.05, 3.63) is 41.7 Å². The molecule has 0 heterocycles. The Morgan fingerprint density at radius 1 is 1.11 bits per heavy atom. The normalized spacial score (nSPS) is 22.1. The molecule has 0 fully saturated rings. The van der Waals surface area contributed by atoms with Gasteiger partial charge in [0.25, 0.3) is 0 Å². The number of phenols is 3. The summed E-state index contributed by atoms with van der Waals surface area (Å²) in [6, 6.07) is 2.40. The van der Waals surface area contributed by atoms with Gasteiger partial charge in [0, 0.05) is 5.92 Å². The van der Waals surface area contributed by atoms with Crippen LogP contribution in [0.3, 0.4) is 0 Å². The molecule has 0 radical (unpaired) electrons. The van der Waals surface area contributed by atoms with Gasteiger partial charge in [0.1, 0.15) is 5.76 Å². The van der Waals surface area contributed by atoms with E-state index in [-0.39, 0.29) is 23.0 Å². The molecule has 1 aromatic carbocycles. The van der Waals surface area contributed by atoms with Crippen LogP contribution in [0.2, 0.25) is 0 Å². The molecule has 0 bridgehead atoms. The minimum atomic E-state index is -0.711. The van der Waals surface area contributed by atoms with E-state index in [4.69, 9.17) is 0 Å². The fourth-order valence-electron chi connectivity index (χ4n) is 2.08. The van der Waals surface area contributed by atoms with Crippen molar-refractivity contribution in [3.8, 4) is 17.2 Å². The summed E-state index contributed by atoms with van der Waals surface area (Å²) in [5, 5.41) is 37.7. The standard InChI is InChI=1S/C14H14O5/c1-7-6-8(15)2-3-9(7)12(17)10-4-5-11(16)14(19)13(10)18/h2-7,9,15-16,18-19H,1H3. The van der Waals surface area contributed by atoms with E-state index in [1.54, 1.807) is 19.1 Å². The van der Waals surface area contributed by atoms with Crippen molar-refractivity contribution in [2.75, 3.05) is 0 Å². The highest BCUT2D eigenvalue weighted by molar-refractivity contribution is 6.02. The second kappa shape index (κ2) is 4.68. The Hall–Kier alpha value is -2.43. The van der Waals surface area contributed by atoms with E-state index in [1.165, 1.54) is 12.1 Å². The number of carbonyl (C=O) groups is 1. The second-order valence-electron chi connectivity index (χ2n) is 4.53. The summed E-state index contributed by atoms with van der Waals surface area (Å²) < 4.78 is 0. The van der Waals surface area contributed by atoms with Gasteiger partial charge in [0.15, 0.2) is 17.3 Å². The first-order valence-corrected chi connectivity index (χ1v) is 5.79. The lowest BCUT2D eigenvalue weighted by molar-refractivity contribution is 0.0921. The average molecular weight is 262 g/mol. The lowest BCUT2D eigenvalue weighted by atomic mass is 9.83. The molecule has 5 heteroatoms. The molecular weight excluding hydrogens is 248 g/mol. The number of hydrogen-bond acceptors (Lipinski definition) is 5. The van der Waals surface area contributed by atoms with Crippen LogP contribution in [-0.4, -0.2) is 26.2 Å².